The van der Waals surface area contributed by atoms with Crippen LogP contribution in [-0.2, 0) is 4.79 Å². The van der Waals surface area contributed by atoms with Gasteiger partial charge in [0.1, 0.15) is 0 Å². The third kappa shape index (κ3) is 4.40. The van der Waals surface area contributed by atoms with E-state index in [2.05, 4.69) is 15.5 Å². The molecule has 156 valence electrons. The molecule has 7 heteroatoms. The van der Waals surface area contributed by atoms with Gasteiger partial charge in [0.05, 0.1) is 20.1 Å². The summed E-state index contributed by atoms with van der Waals surface area (Å²) >= 11 is 0. The molecule has 0 radical (unpaired) electrons. The van der Waals surface area contributed by atoms with Crippen LogP contribution in [0.4, 0.5) is 6.01 Å². The van der Waals surface area contributed by atoms with Crippen LogP contribution >= 0.6 is 0 Å². The molecule has 0 spiro atoms. The lowest BCUT2D eigenvalue weighted by Crippen LogP contribution is -2.22. The molecular formula is C24H21N3O4. The number of aromatic nitrogens is 2. The second-order valence-electron chi connectivity index (χ2n) is 6.73. The van der Waals surface area contributed by atoms with Crippen molar-refractivity contribution in [1.29, 1.82) is 0 Å². The Balaban J connectivity index is 1.59. The lowest BCUT2D eigenvalue weighted by molar-refractivity contribution is -0.116. The van der Waals surface area contributed by atoms with Gasteiger partial charge in [-0.3, -0.25) is 10.1 Å². The minimum atomic E-state index is -0.515. The van der Waals surface area contributed by atoms with Crippen molar-refractivity contribution in [3.05, 3.63) is 90.0 Å². The summed E-state index contributed by atoms with van der Waals surface area (Å²) in [6.07, 6.45) is 0. The molecule has 0 aliphatic heterocycles. The Morgan fingerprint density at radius 3 is 2.03 bits per heavy atom. The molecular weight excluding hydrogens is 394 g/mol. The number of benzene rings is 3. The quantitative estimate of drug-likeness (QED) is 0.477. The topological polar surface area (TPSA) is 86.5 Å². The standard InChI is InChI=1S/C24H21N3O4/c1-29-19-14-13-18(15-20(19)30-2)23-26-27-24(31-23)25-22(28)21(16-9-5-3-6-10-16)17-11-7-4-8-12-17/h3-15,21H,1-2H3,(H,25,27,28). The molecule has 1 heterocycles. The Morgan fingerprint density at radius 1 is 0.839 bits per heavy atom. The number of nitrogens with zero attached hydrogens (tertiary/aromatic N) is 2. The third-order valence-electron chi connectivity index (χ3n) is 4.81. The second-order valence-corrected chi connectivity index (χ2v) is 6.73. The Morgan fingerprint density at radius 2 is 1.45 bits per heavy atom. The van der Waals surface area contributed by atoms with Crippen molar-refractivity contribution < 1.29 is 18.7 Å². The summed E-state index contributed by atoms with van der Waals surface area (Å²) < 4.78 is 16.2. The first-order valence-corrected chi connectivity index (χ1v) is 9.66. The molecule has 0 atom stereocenters. The summed E-state index contributed by atoms with van der Waals surface area (Å²) in [5.74, 6) is 0.607. The summed E-state index contributed by atoms with van der Waals surface area (Å²) in [5, 5.41) is 10.8. The van der Waals surface area contributed by atoms with Crippen molar-refractivity contribution in [3.8, 4) is 23.0 Å². The molecule has 4 rings (SSSR count). The van der Waals surface area contributed by atoms with Crippen molar-refractivity contribution in [2.24, 2.45) is 0 Å². The molecule has 0 fully saturated rings. The number of hydrogen-bond donors (Lipinski definition) is 1. The fraction of sp³-hybridized carbons (Fsp3) is 0.125. The van der Waals surface area contributed by atoms with E-state index in [0.29, 0.717) is 17.1 Å². The monoisotopic (exact) mass is 415 g/mol. The lowest BCUT2D eigenvalue weighted by atomic mass is 9.90. The number of anilines is 1. The van der Waals surface area contributed by atoms with Gasteiger partial charge in [0.25, 0.3) is 0 Å². The molecule has 0 unspecified atom stereocenters. The number of hydrogen-bond acceptors (Lipinski definition) is 6. The highest BCUT2D eigenvalue weighted by Gasteiger charge is 2.24. The second kappa shape index (κ2) is 9.13. The van der Waals surface area contributed by atoms with Crippen molar-refractivity contribution in [3.63, 3.8) is 0 Å². The SMILES string of the molecule is COc1ccc(-c2nnc(NC(=O)C(c3ccccc3)c3ccccc3)o2)cc1OC. The first-order valence-electron chi connectivity index (χ1n) is 9.66. The first kappa shape index (κ1) is 20.2. The number of rotatable bonds is 7. The van der Waals surface area contributed by atoms with Crippen molar-refractivity contribution in [2.75, 3.05) is 19.5 Å². The van der Waals surface area contributed by atoms with Crippen LogP contribution in [0.5, 0.6) is 11.5 Å². The summed E-state index contributed by atoms with van der Waals surface area (Å²) in [5.41, 5.74) is 2.38. The fourth-order valence-corrected chi connectivity index (χ4v) is 3.32. The Hall–Kier alpha value is -4.13. The number of carbonyl (C=O) groups is 1. The molecule has 1 N–H and O–H groups in total. The maximum atomic E-state index is 13.2. The van der Waals surface area contributed by atoms with Crippen LogP contribution in [0.2, 0.25) is 0 Å². The highest BCUT2D eigenvalue weighted by molar-refractivity contribution is 5.96. The highest BCUT2D eigenvalue weighted by Crippen LogP contribution is 2.32. The molecule has 0 aliphatic carbocycles. The zero-order valence-corrected chi connectivity index (χ0v) is 17.1. The minimum absolute atomic E-state index is 0.0200. The molecule has 7 nitrogen and oxygen atoms in total. The Bertz CT molecular complexity index is 1120. The van der Waals surface area contributed by atoms with Gasteiger partial charge in [-0.1, -0.05) is 65.8 Å². The van der Waals surface area contributed by atoms with E-state index in [0.717, 1.165) is 11.1 Å². The molecule has 1 amide bonds. The van der Waals surface area contributed by atoms with Crippen LogP contribution < -0.4 is 14.8 Å². The zero-order valence-electron chi connectivity index (χ0n) is 17.1. The van der Waals surface area contributed by atoms with Gasteiger partial charge >= 0.3 is 6.01 Å². The number of nitrogens with one attached hydrogen (secondary N) is 1. The maximum absolute atomic E-state index is 13.2. The van der Waals surface area contributed by atoms with Gasteiger partial charge in [0.15, 0.2) is 11.5 Å². The van der Waals surface area contributed by atoms with Crippen LogP contribution in [-0.4, -0.2) is 30.3 Å². The number of methoxy groups -OCH3 is 2. The maximum Gasteiger partial charge on any atom is 0.322 e. The smallest absolute Gasteiger partial charge is 0.322 e. The van der Waals surface area contributed by atoms with Gasteiger partial charge in [-0.2, -0.15) is 0 Å². The van der Waals surface area contributed by atoms with Gasteiger partial charge < -0.3 is 13.9 Å². The number of carbonyl (C=O) groups excluding carboxylic acids is 1. The Labute approximate surface area is 179 Å². The molecule has 0 saturated heterocycles. The normalized spacial score (nSPS) is 10.7. The molecule has 0 aliphatic rings. The summed E-state index contributed by atoms with van der Waals surface area (Å²) in [6, 6.07) is 24.4. The molecule has 3 aromatic carbocycles. The first-order chi connectivity index (χ1) is 15.2. The Kier molecular flexibility index (Phi) is 5.93. The average Bonchev–Trinajstić information content (AvgIpc) is 3.28. The van der Waals surface area contributed by atoms with Crippen LogP contribution in [0.1, 0.15) is 17.0 Å². The van der Waals surface area contributed by atoms with Crippen molar-refractivity contribution in [1.82, 2.24) is 10.2 Å². The predicted octanol–water partition coefficient (Wildman–Crippen LogP) is 4.52. The fourth-order valence-electron chi connectivity index (χ4n) is 3.32. The molecule has 0 saturated carbocycles. The van der Waals surface area contributed by atoms with Gasteiger partial charge in [0.2, 0.25) is 11.8 Å². The van der Waals surface area contributed by atoms with Gasteiger partial charge in [-0.15, -0.1) is 5.10 Å². The van der Waals surface area contributed by atoms with Gasteiger partial charge in [-0.05, 0) is 29.3 Å². The van der Waals surface area contributed by atoms with Crippen LogP contribution in [0, 0.1) is 0 Å². The van der Waals surface area contributed by atoms with E-state index >= 15 is 0 Å². The van der Waals surface area contributed by atoms with E-state index in [1.54, 1.807) is 32.4 Å². The van der Waals surface area contributed by atoms with E-state index in [1.165, 1.54) is 0 Å². The minimum Gasteiger partial charge on any atom is -0.493 e. The number of amides is 1. The van der Waals surface area contributed by atoms with Crippen molar-refractivity contribution in [2.45, 2.75) is 5.92 Å². The lowest BCUT2D eigenvalue weighted by Gasteiger charge is -2.16. The van der Waals surface area contributed by atoms with Gasteiger partial charge in [0, 0.05) is 5.56 Å². The molecule has 0 bridgehead atoms. The molecule has 4 aromatic rings. The van der Waals surface area contributed by atoms with E-state index in [4.69, 9.17) is 13.9 Å². The zero-order chi connectivity index (χ0) is 21.6. The van der Waals surface area contributed by atoms with E-state index < -0.39 is 5.92 Å². The third-order valence-corrected chi connectivity index (χ3v) is 4.81. The van der Waals surface area contributed by atoms with Crippen LogP contribution in [0.25, 0.3) is 11.5 Å². The summed E-state index contributed by atoms with van der Waals surface area (Å²) in [6.45, 7) is 0. The largest absolute Gasteiger partial charge is 0.493 e. The number of ether oxygens (including phenoxy) is 2. The van der Waals surface area contributed by atoms with E-state index in [1.807, 2.05) is 60.7 Å². The predicted molar refractivity (Wildman–Crippen MR) is 116 cm³/mol. The van der Waals surface area contributed by atoms with Gasteiger partial charge in [-0.25, -0.2) is 0 Å². The van der Waals surface area contributed by atoms with Crippen LogP contribution in [0.3, 0.4) is 0 Å². The van der Waals surface area contributed by atoms with Crippen LogP contribution in [0.15, 0.2) is 83.3 Å². The van der Waals surface area contributed by atoms with E-state index in [9.17, 15) is 4.79 Å². The molecule has 1 aromatic heterocycles. The average molecular weight is 415 g/mol. The molecule has 31 heavy (non-hydrogen) atoms. The summed E-state index contributed by atoms with van der Waals surface area (Å²) in [7, 11) is 3.11. The van der Waals surface area contributed by atoms with Crippen molar-refractivity contribution >= 4 is 11.9 Å². The highest BCUT2D eigenvalue weighted by atomic mass is 16.5. The van der Waals surface area contributed by atoms with E-state index in [-0.39, 0.29) is 17.8 Å². The summed E-state index contributed by atoms with van der Waals surface area (Å²) in [4.78, 5) is 13.2.